The number of anilines is 1. The number of hydrogen-bond donors (Lipinski definition) is 1. The number of carbonyl (C=O) groups is 2. The van der Waals surface area contributed by atoms with Gasteiger partial charge >= 0.3 is 5.97 Å². The zero-order chi connectivity index (χ0) is 23.7. The van der Waals surface area contributed by atoms with Gasteiger partial charge in [0, 0.05) is 11.3 Å². The molecule has 0 aliphatic carbocycles. The molecule has 0 bridgehead atoms. The van der Waals surface area contributed by atoms with Gasteiger partial charge in [-0.25, -0.2) is 9.48 Å². The molecule has 3 aromatic carbocycles. The second-order valence-corrected chi connectivity index (χ2v) is 7.54. The van der Waals surface area contributed by atoms with Crippen molar-refractivity contribution in [2.75, 3.05) is 12.4 Å². The highest BCUT2D eigenvalue weighted by Gasteiger charge is 2.19. The van der Waals surface area contributed by atoms with Gasteiger partial charge in [-0.05, 0) is 49.4 Å². The van der Waals surface area contributed by atoms with E-state index in [4.69, 9.17) is 4.52 Å². The molecule has 9 heteroatoms. The predicted molar refractivity (Wildman–Crippen MR) is 125 cm³/mol. The number of esters is 1. The Hall–Kier alpha value is -4.79. The molecular weight excluding hydrogens is 434 g/mol. The van der Waals surface area contributed by atoms with Crippen LogP contribution in [0.3, 0.4) is 0 Å². The Morgan fingerprint density at radius 1 is 1.00 bits per heavy atom. The molecule has 0 saturated heterocycles. The minimum atomic E-state index is -0.447. The maximum Gasteiger partial charge on any atom is 0.337 e. The quantitative estimate of drug-likeness (QED) is 0.392. The third kappa shape index (κ3) is 3.79. The molecule has 9 nitrogen and oxygen atoms in total. The summed E-state index contributed by atoms with van der Waals surface area (Å²) in [6.07, 6.45) is 0. The van der Waals surface area contributed by atoms with Crippen molar-refractivity contribution in [3.63, 3.8) is 0 Å². The molecule has 0 spiro atoms. The number of fused-ring (bicyclic) bond motifs is 1. The Kier molecular flexibility index (Phi) is 5.35. The van der Waals surface area contributed by atoms with Gasteiger partial charge in [-0.1, -0.05) is 40.7 Å². The molecule has 0 saturated carbocycles. The van der Waals surface area contributed by atoms with Crippen LogP contribution in [-0.4, -0.2) is 39.1 Å². The molecule has 0 unspecified atom stereocenters. The summed E-state index contributed by atoms with van der Waals surface area (Å²) in [4.78, 5) is 24.4. The number of ether oxygens (including phenoxy) is 1. The predicted octanol–water partition coefficient (Wildman–Crippen LogP) is 4.42. The summed E-state index contributed by atoms with van der Waals surface area (Å²) in [6.45, 7) is 1.77. The summed E-state index contributed by atoms with van der Waals surface area (Å²) >= 11 is 0. The molecule has 168 valence electrons. The van der Waals surface area contributed by atoms with E-state index < -0.39 is 11.9 Å². The van der Waals surface area contributed by atoms with Crippen LogP contribution >= 0.6 is 0 Å². The number of carbonyl (C=O) groups excluding carboxylic acids is 2. The van der Waals surface area contributed by atoms with Gasteiger partial charge < -0.3 is 14.6 Å². The second kappa shape index (κ2) is 8.62. The molecule has 0 radical (unpaired) electrons. The second-order valence-electron chi connectivity index (χ2n) is 7.54. The average Bonchev–Trinajstić information content (AvgIpc) is 3.47. The Bertz CT molecular complexity index is 1500. The number of hydrogen-bond acceptors (Lipinski definition) is 7. The lowest BCUT2D eigenvalue weighted by Crippen LogP contribution is -2.14. The van der Waals surface area contributed by atoms with Gasteiger partial charge in [0.15, 0.2) is 11.5 Å². The highest BCUT2D eigenvalue weighted by Crippen LogP contribution is 2.30. The number of rotatable bonds is 5. The molecule has 0 atom stereocenters. The van der Waals surface area contributed by atoms with Crippen molar-refractivity contribution in [2.45, 2.75) is 6.92 Å². The molecule has 1 N–H and O–H groups in total. The summed E-state index contributed by atoms with van der Waals surface area (Å²) in [5.41, 5.74) is 4.02. The van der Waals surface area contributed by atoms with Gasteiger partial charge in [-0.15, -0.1) is 5.10 Å². The molecule has 2 aromatic heterocycles. The van der Waals surface area contributed by atoms with Crippen LogP contribution in [0.5, 0.6) is 0 Å². The molecule has 5 aromatic rings. The first-order chi connectivity index (χ1) is 16.5. The largest absolute Gasteiger partial charge is 0.465 e. The maximum atomic E-state index is 12.8. The molecule has 1 amide bonds. The number of methoxy groups -OCH3 is 1. The van der Waals surface area contributed by atoms with Crippen molar-refractivity contribution in [1.29, 1.82) is 0 Å². The molecule has 34 heavy (non-hydrogen) atoms. The fourth-order valence-electron chi connectivity index (χ4n) is 3.64. The molecular formula is C25H19N5O4. The highest BCUT2D eigenvalue weighted by atomic mass is 16.5. The van der Waals surface area contributed by atoms with Crippen LogP contribution in [0.1, 0.15) is 26.5 Å². The van der Waals surface area contributed by atoms with Crippen LogP contribution in [-0.2, 0) is 4.74 Å². The van der Waals surface area contributed by atoms with Crippen LogP contribution in [0.15, 0.2) is 77.3 Å². The van der Waals surface area contributed by atoms with Crippen LogP contribution in [0.2, 0.25) is 0 Å². The van der Waals surface area contributed by atoms with Crippen molar-refractivity contribution in [2.24, 2.45) is 0 Å². The molecule has 5 rings (SSSR count). The summed E-state index contributed by atoms with van der Waals surface area (Å²) in [6, 6.07) is 21.7. The van der Waals surface area contributed by atoms with Gasteiger partial charge in [-0.3, -0.25) is 4.79 Å². The van der Waals surface area contributed by atoms with E-state index in [-0.39, 0.29) is 5.69 Å². The van der Waals surface area contributed by atoms with Crippen LogP contribution in [0, 0.1) is 6.92 Å². The van der Waals surface area contributed by atoms with E-state index in [2.05, 4.69) is 25.5 Å². The number of benzene rings is 3. The topological polar surface area (TPSA) is 112 Å². The number of aromatic nitrogens is 4. The zero-order valence-electron chi connectivity index (χ0n) is 18.4. The van der Waals surface area contributed by atoms with E-state index in [0.29, 0.717) is 28.2 Å². The van der Waals surface area contributed by atoms with Gasteiger partial charge in [0.25, 0.3) is 5.91 Å². The standard InChI is InChI=1S/C25H19N5O4/c1-15-22(24(31)26-18-10-8-17(9-11-18)25(32)33-2)27-29-30(15)19-12-13-21-20(14-19)23(34-28-21)16-6-4-3-5-7-16/h3-14H,1-2H3,(H,26,31). The van der Waals surface area contributed by atoms with E-state index in [1.807, 2.05) is 48.5 Å². The first-order valence-corrected chi connectivity index (χ1v) is 10.4. The number of nitrogens with zero attached hydrogens (tertiary/aromatic N) is 4. The fraction of sp³-hybridized carbons (Fsp3) is 0.0800. The number of amides is 1. The monoisotopic (exact) mass is 453 g/mol. The first-order valence-electron chi connectivity index (χ1n) is 10.4. The molecule has 0 fully saturated rings. The Balaban J connectivity index is 1.42. The molecule has 0 aliphatic heterocycles. The van der Waals surface area contributed by atoms with E-state index in [9.17, 15) is 9.59 Å². The van der Waals surface area contributed by atoms with Gasteiger partial charge in [0.2, 0.25) is 0 Å². The maximum absolute atomic E-state index is 12.8. The van der Waals surface area contributed by atoms with Crippen molar-refractivity contribution in [3.8, 4) is 17.0 Å². The Labute approximate surface area is 193 Å². The van der Waals surface area contributed by atoms with E-state index in [0.717, 1.165) is 16.6 Å². The SMILES string of the molecule is COC(=O)c1ccc(NC(=O)c2nnn(-c3ccc4noc(-c5ccccc5)c4c3)c2C)cc1. The molecule has 0 aliphatic rings. The first kappa shape index (κ1) is 21.1. The third-order valence-electron chi connectivity index (χ3n) is 5.41. The van der Waals surface area contributed by atoms with Crippen LogP contribution < -0.4 is 5.32 Å². The molecule has 2 heterocycles. The van der Waals surface area contributed by atoms with Gasteiger partial charge in [0.05, 0.1) is 29.4 Å². The minimum Gasteiger partial charge on any atom is -0.465 e. The lowest BCUT2D eigenvalue weighted by atomic mass is 10.1. The van der Waals surface area contributed by atoms with E-state index >= 15 is 0 Å². The van der Waals surface area contributed by atoms with E-state index in [1.54, 1.807) is 35.9 Å². The Morgan fingerprint density at radius 2 is 1.76 bits per heavy atom. The van der Waals surface area contributed by atoms with Crippen molar-refractivity contribution >= 4 is 28.5 Å². The summed E-state index contributed by atoms with van der Waals surface area (Å²) < 4.78 is 11.9. The fourth-order valence-corrected chi connectivity index (χ4v) is 3.64. The van der Waals surface area contributed by atoms with Gasteiger partial charge in [-0.2, -0.15) is 0 Å². The smallest absolute Gasteiger partial charge is 0.337 e. The normalized spacial score (nSPS) is 10.9. The van der Waals surface area contributed by atoms with Crippen molar-refractivity contribution in [3.05, 3.63) is 89.7 Å². The van der Waals surface area contributed by atoms with E-state index in [1.165, 1.54) is 7.11 Å². The summed E-state index contributed by atoms with van der Waals surface area (Å²) in [5, 5.41) is 16.0. The lowest BCUT2D eigenvalue weighted by Gasteiger charge is -2.06. The lowest BCUT2D eigenvalue weighted by molar-refractivity contribution is 0.0600. The third-order valence-corrected chi connectivity index (χ3v) is 5.41. The average molecular weight is 453 g/mol. The summed E-state index contributed by atoms with van der Waals surface area (Å²) in [7, 11) is 1.31. The van der Waals surface area contributed by atoms with Crippen LogP contribution in [0.25, 0.3) is 27.9 Å². The van der Waals surface area contributed by atoms with Crippen molar-refractivity contribution < 1.29 is 18.8 Å². The summed E-state index contributed by atoms with van der Waals surface area (Å²) in [5.74, 6) is -0.203. The number of nitrogens with one attached hydrogen (secondary N) is 1. The minimum absolute atomic E-state index is 0.186. The highest BCUT2D eigenvalue weighted by molar-refractivity contribution is 6.04. The zero-order valence-corrected chi connectivity index (χ0v) is 18.4. The van der Waals surface area contributed by atoms with Crippen LogP contribution in [0.4, 0.5) is 5.69 Å². The Morgan fingerprint density at radius 3 is 2.50 bits per heavy atom. The van der Waals surface area contributed by atoms with Gasteiger partial charge in [0.1, 0.15) is 5.52 Å². The van der Waals surface area contributed by atoms with Crippen molar-refractivity contribution in [1.82, 2.24) is 20.2 Å².